The van der Waals surface area contributed by atoms with Crippen LogP contribution in [0.25, 0.3) is 0 Å². The zero-order valence-corrected chi connectivity index (χ0v) is 14.5. The van der Waals surface area contributed by atoms with Crippen LogP contribution in [0.2, 0.25) is 0 Å². The Kier molecular flexibility index (Phi) is 5.23. The van der Waals surface area contributed by atoms with E-state index >= 15 is 0 Å². The van der Waals surface area contributed by atoms with E-state index < -0.39 is 9.84 Å². The van der Waals surface area contributed by atoms with Crippen molar-refractivity contribution in [1.82, 2.24) is 4.90 Å². The molecule has 0 aromatic heterocycles. The molecule has 0 radical (unpaired) electrons. The minimum absolute atomic E-state index is 0.233. The highest BCUT2D eigenvalue weighted by molar-refractivity contribution is 7.90. The normalized spacial score (nSPS) is 12.5. The number of amides is 2. The van der Waals surface area contributed by atoms with Gasteiger partial charge in [-0.15, -0.1) is 0 Å². The average molecular weight is 350 g/mol. The van der Waals surface area contributed by atoms with Crippen LogP contribution in [0, 0.1) is 5.82 Å². The van der Waals surface area contributed by atoms with E-state index in [1.165, 1.54) is 41.3 Å². The first-order valence-electron chi connectivity index (χ1n) is 7.28. The van der Waals surface area contributed by atoms with Crippen LogP contribution in [-0.2, 0) is 9.84 Å². The summed E-state index contributed by atoms with van der Waals surface area (Å²) in [5, 5.41) is 2.68. The van der Waals surface area contributed by atoms with Gasteiger partial charge in [-0.25, -0.2) is 17.6 Å². The van der Waals surface area contributed by atoms with E-state index in [9.17, 15) is 17.6 Å². The minimum atomic E-state index is -3.25. The van der Waals surface area contributed by atoms with Crippen molar-refractivity contribution in [3.63, 3.8) is 0 Å². The topological polar surface area (TPSA) is 66.5 Å². The third-order valence-corrected chi connectivity index (χ3v) is 4.92. The number of rotatable bonds is 4. The zero-order valence-electron chi connectivity index (χ0n) is 13.7. The van der Waals surface area contributed by atoms with Crippen LogP contribution in [0.3, 0.4) is 0 Å². The van der Waals surface area contributed by atoms with Crippen LogP contribution >= 0.6 is 0 Å². The summed E-state index contributed by atoms with van der Waals surface area (Å²) in [7, 11) is -1.62. The molecule has 2 amide bonds. The van der Waals surface area contributed by atoms with E-state index in [1.54, 1.807) is 19.2 Å². The summed E-state index contributed by atoms with van der Waals surface area (Å²) in [6.07, 6.45) is 1.15. The Bertz CT molecular complexity index is 818. The summed E-state index contributed by atoms with van der Waals surface area (Å²) in [4.78, 5) is 14.0. The van der Waals surface area contributed by atoms with Crippen LogP contribution in [0.4, 0.5) is 14.9 Å². The lowest BCUT2D eigenvalue weighted by atomic mass is 10.1. The number of halogens is 1. The number of anilines is 1. The summed E-state index contributed by atoms with van der Waals surface area (Å²) in [6.45, 7) is 1.83. The Balaban J connectivity index is 2.09. The van der Waals surface area contributed by atoms with Gasteiger partial charge in [0.15, 0.2) is 9.84 Å². The number of sulfone groups is 1. The van der Waals surface area contributed by atoms with Crippen molar-refractivity contribution in [2.45, 2.75) is 17.9 Å². The van der Waals surface area contributed by atoms with Crippen molar-refractivity contribution in [2.75, 3.05) is 18.6 Å². The van der Waals surface area contributed by atoms with E-state index in [0.717, 1.165) is 11.8 Å². The fourth-order valence-electron chi connectivity index (χ4n) is 2.14. The maximum Gasteiger partial charge on any atom is 0.322 e. The summed E-state index contributed by atoms with van der Waals surface area (Å²) in [6, 6.07) is 11.3. The Morgan fingerprint density at radius 2 is 1.62 bits per heavy atom. The molecule has 0 unspecified atom stereocenters. The SMILES string of the molecule is C[C@H](c1ccc(S(C)(=O)=O)cc1)N(C)C(=O)Nc1ccc(F)cc1. The molecule has 0 aliphatic heterocycles. The largest absolute Gasteiger partial charge is 0.322 e. The van der Waals surface area contributed by atoms with Crippen molar-refractivity contribution < 1.29 is 17.6 Å². The van der Waals surface area contributed by atoms with Crippen molar-refractivity contribution >= 4 is 21.6 Å². The third-order valence-electron chi connectivity index (χ3n) is 3.79. The van der Waals surface area contributed by atoms with Crippen LogP contribution in [0.1, 0.15) is 18.5 Å². The number of hydrogen-bond donors (Lipinski definition) is 1. The Labute approximate surface area is 141 Å². The first-order valence-corrected chi connectivity index (χ1v) is 9.17. The Morgan fingerprint density at radius 1 is 1.08 bits per heavy atom. The van der Waals surface area contributed by atoms with Gasteiger partial charge in [-0.1, -0.05) is 12.1 Å². The highest BCUT2D eigenvalue weighted by Gasteiger charge is 2.18. The second-order valence-electron chi connectivity index (χ2n) is 5.57. The molecule has 2 aromatic rings. The third kappa shape index (κ3) is 4.32. The summed E-state index contributed by atoms with van der Waals surface area (Å²) >= 11 is 0. The second-order valence-corrected chi connectivity index (χ2v) is 7.58. The number of carbonyl (C=O) groups excluding carboxylic acids is 1. The van der Waals surface area contributed by atoms with Gasteiger partial charge in [0.1, 0.15) is 5.82 Å². The zero-order chi connectivity index (χ0) is 17.9. The van der Waals surface area contributed by atoms with Crippen LogP contribution in [-0.4, -0.2) is 32.7 Å². The molecule has 0 saturated carbocycles. The van der Waals surface area contributed by atoms with Gasteiger partial charge in [-0.3, -0.25) is 0 Å². The molecular formula is C17H19FN2O3S. The predicted molar refractivity (Wildman–Crippen MR) is 91.1 cm³/mol. The van der Waals surface area contributed by atoms with E-state index in [1.807, 2.05) is 6.92 Å². The molecule has 5 nitrogen and oxygen atoms in total. The van der Waals surface area contributed by atoms with Crippen molar-refractivity contribution in [1.29, 1.82) is 0 Å². The summed E-state index contributed by atoms with van der Waals surface area (Å²) < 4.78 is 35.8. The predicted octanol–water partition coefficient (Wildman–Crippen LogP) is 3.45. The van der Waals surface area contributed by atoms with Gasteiger partial charge in [0.05, 0.1) is 10.9 Å². The fourth-order valence-corrected chi connectivity index (χ4v) is 2.77. The maximum absolute atomic E-state index is 12.9. The smallest absolute Gasteiger partial charge is 0.321 e. The van der Waals surface area contributed by atoms with E-state index in [4.69, 9.17) is 0 Å². The Morgan fingerprint density at radius 3 is 2.12 bits per heavy atom. The minimum Gasteiger partial charge on any atom is -0.321 e. The quantitative estimate of drug-likeness (QED) is 0.918. The number of carbonyl (C=O) groups is 1. The summed E-state index contributed by atoms with van der Waals surface area (Å²) in [5.74, 6) is -0.374. The second kappa shape index (κ2) is 7.00. The maximum atomic E-state index is 12.9. The lowest BCUT2D eigenvalue weighted by Crippen LogP contribution is -2.33. The highest BCUT2D eigenvalue weighted by atomic mass is 32.2. The molecule has 2 rings (SSSR count). The molecule has 128 valence electrons. The van der Waals surface area contributed by atoms with Gasteiger partial charge in [0.25, 0.3) is 0 Å². The number of nitrogens with one attached hydrogen (secondary N) is 1. The molecule has 0 spiro atoms. The van der Waals surface area contributed by atoms with Gasteiger partial charge in [-0.05, 0) is 48.9 Å². The van der Waals surface area contributed by atoms with Crippen molar-refractivity contribution in [3.8, 4) is 0 Å². The molecular weight excluding hydrogens is 331 g/mol. The van der Waals surface area contributed by atoms with Crippen molar-refractivity contribution in [3.05, 3.63) is 59.9 Å². The Hall–Kier alpha value is -2.41. The van der Waals surface area contributed by atoms with Gasteiger partial charge in [0, 0.05) is 19.0 Å². The number of nitrogens with zero attached hydrogens (tertiary/aromatic N) is 1. The molecule has 7 heteroatoms. The van der Waals surface area contributed by atoms with Gasteiger partial charge >= 0.3 is 6.03 Å². The van der Waals surface area contributed by atoms with Gasteiger partial charge in [0.2, 0.25) is 0 Å². The number of urea groups is 1. The molecule has 0 aliphatic carbocycles. The van der Waals surface area contributed by atoms with Crippen molar-refractivity contribution in [2.24, 2.45) is 0 Å². The van der Waals surface area contributed by atoms with Crippen LogP contribution in [0.15, 0.2) is 53.4 Å². The highest BCUT2D eigenvalue weighted by Crippen LogP contribution is 2.21. The lowest BCUT2D eigenvalue weighted by molar-refractivity contribution is 0.208. The van der Waals surface area contributed by atoms with E-state index in [-0.39, 0.29) is 22.8 Å². The summed E-state index contributed by atoms with van der Waals surface area (Å²) in [5.41, 5.74) is 1.30. The molecule has 1 N–H and O–H groups in total. The molecule has 0 bridgehead atoms. The average Bonchev–Trinajstić information content (AvgIpc) is 2.55. The first-order chi connectivity index (χ1) is 11.2. The number of benzene rings is 2. The monoisotopic (exact) mass is 350 g/mol. The van der Waals surface area contributed by atoms with E-state index in [2.05, 4.69) is 5.32 Å². The molecule has 0 saturated heterocycles. The molecule has 0 fully saturated rings. The molecule has 2 aromatic carbocycles. The van der Waals surface area contributed by atoms with Gasteiger partial charge in [-0.2, -0.15) is 0 Å². The van der Waals surface area contributed by atoms with E-state index in [0.29, 0.717) is 5.69 Å². The standard InChI is InChI=1S/C17H19FN2O3S/c1-12(13-4-10-16(11-5-13)24(3,22)23)20(2)17(21)19-15-8-6-14(18)7-9-15/h4-12H,1-3H3,(H,19,21)/t12-/m1/s1. The molecule has 0 heterocycles. The molecule has 24 heavy (non-hydrogen) atoms. The fraction of sp³-hybridized carbons (Fsp3) is 0.235. The molecule has 0 aliphatic rings. The lowest BCUT2D eigenvalue weighted by Gasteiger charge is -2.25. The molecule has 1 atom stereocenters. The van der Waals surface area contributed by atoms with Gasteiger partial charge < -0.3 is 10.2 Å². The first kappa shape index (κ1) is 17.9. The van der Waals surface area contributed by atoms with Crippen LogP contribution < -0.4 is 5.32 Å². The number of hydrogen-bond acceptors (Lipinski definition) is 3. The van der Waals surface area contributed by atoms with Crippen LogP contribution in [0.5, 0.6) is 0 Å².